The Balaban J connectivity index is 1.37. The molecule has 166 valence electrons. The number of amides is 1. The molecule has 1 N–H and O–H groups in total. The van der Waals surface area contributed by atoms with Gasteiger partial charge in [-0.15, -0.1) is 11.3 Å². The van der Waals surface area contributed by atoms with E-state index in [-0.39, 0.29) is 29.9 Å². The van der Waals surface area contributed by atoms with E-state index >= 15 is 0 Å². The summed E-state index contributed by atoms with van der Waals surface area (Å²) < 4.78 is 34.3. The number of hydrogen-bond donors (Lipinski definition) is 1. The molecule has 0 aromatic carbocycles. The van der Waals surface area contributed by atoms with E-state index in [9.17, 15) is 13.2 Å². The summed E-state index contributed by atoms with van der Waals surface area (Å²) in [6, 6.07) is 1.93. The second-order valence-electron chi connectivity index (χ2n) is 7.77. The van der Waals surface area contributed by atoms with Gasteiger partial charge >= 0.3 is 0 Å². The highest BCUT2D eigenvalue weighted by Gasteiger charge is 2.33. The van der Waals surface area contributed by atoms with Crippen molar-refractivity contribution in [1.82, 2.24) is 18.8 Å². The molecule has 11 heteroatoms. The number of imidazole rings is 1. The molecule has 0 aliphatic carbocycles. The number of nitrogens with one attached hydrogen (secondary N) is 1. The smallest absolute Gasteiger partial charge is 0.262 e. The lowest BCUT2D eigenvalue weighted by atomic mass is 9.97. The molecule has 4 rings (SSSR count). The number of anilines is 1. The van der Waals surface area contributed by atoms with Crippen LogP contribution in [-0.4, -0.2) is 46.3 Å². The summed E-state index contributed by atoms with van der Waals surface area (Å²) in [4.78, 5) is 21.4. The summed E-state index contributed by atoms with van der Waals surface area (Å²) >= 11 is 1.36. The van der Waals surface area contributed by atoms with Gasteiger partial charge in [-0.3, -0.25) is 4.79 Å². The van der Waals surface area contributed by atoms with Crippen LogP contribution >= 0.6 is 11.3 Å². The number of carbonyl (C=O) groups excluding carboxylic acids is 1. The van der Waals surface area contributed by atoms with Crippen LogP contribution in [0.1, 0.15) is 30.2 Å². The number of thiazole rings is 1. The summed E-state index contributed by atoms with van der Waals surface area (Å²) in [5.74, 6) is 1.84. The van der Waals surface area contributed by atoms with Crippen LogP contribution in [0.15, 0.2) is 27.1 Å². The third-order valence-electron chi connectivity index (χ3n) is 5.57. The zero-order valence-electron chi connectivity index (χ0n) is 17.9. The van der Waals surface area contributed by atoms with Crippen LogP contribution < -0.4 is 5.32 Å². The second-order valence-corrected chi connectivity index (χ2v) is 10.5. The minimum absolute atomic E-state index is 0.0514. The second kappa shape index (κ2) is 8.21. The molecule has 4 heterocycles. The molecule has 1 saturated heterocycles. The Labute approximate surface area is 185 Å². The van der Waals surface area contributed by atoms with Crippen LogP contribution in [0, 0.1) is 26.7 Å². The van der Waals surface area contributed by atoms with Gasteiger partial charge in [0.25, 0.3) is 10.0 Å². The highest BCUT2D eigenvalue weighted by molar-refractivity contribution is 7.89. The Kier molecular flexibility index (Phi) is 5.75. The number of aryl methyl sites for hydroxylation is 4. The standard InChI is InChI=1S/C20H25N5O4S2/c1-12-9-16(13(2)29-12)17-11-30-20(22-17)23-19(26)15-5-7-25(8-6-15)31(27,28)18-10-24(4)14(3)21-18/h9-11,15H,5-8H2,1-4H3,(H,22,23,26). The maximum Gasteiger partial charge on any atom is 0.262 e. The van der Waals surface area contributed by atoms with E-state index in [1.54, 1.807) is 18.5 Å². The first-order valence-corrected chi connectivity index (χ1v) is 12.3. The molecule has 3 aromatic rings. The van der Waals surface area contributed by atoms with Gasteiger partial charge in [0.2, 0.25) is 5.91 Å². The van der Waals surface area contributed by atoms with Gasteiger partial charge in [-0.1, -0.05) is 0 Å². The van der Waals surface area contributed by atoms with Crippen molar-refractivity contribution in [3.8, 4) is 11.3 Å². The molecule has 0 unspecified atom stereocenters. The Morgan fingerprint density at radius 1 is 1.23 bits per heavy atom. The monoisotopic (exact) mass is 463 g/mol. The number of hydrogen-bond acceptors (Lipinski definition) is 7. The molecule has 0 spiro atoms. The number of piperidine rings is 1. The SMILES string of the molecule is Cc1cc(-c2csc(NC(=O)C3CCN(S(=O)(=O)c4cn(C)c(C)n4)CC3)n2)c(C)o1. The van der Waals surface area contributed by atoms with Crippen molar-refractivity contribution >= 4 is 32.4 Å². The van der Waals surface area contributed by atoms with Gasteiger partial charge in [0.15, 0.2) is 10.2 Å². The Hall–Kier alpha value is -2.50. The summed E-state index contributed by atoms with van der Waals surface area (Å²) in [7, 11) is -1.89. The molecule has 1 fully saturated rings. The minimum atomic E-state index is -3.65. The number of sulfonamides is 1. The average Bonchev–Trinajstić information content (AvgIpc) is 3.41. The largest absolute Gasteiger partial charge is 0.466 e. The Morgan fingerprint density at radius 3 is 2.52 bits per heavy atom. The van der Waals surface area contributed by atoms with Crippen molar-refractivity contribution in [1.29, 1.82) is 0 Å². The summed E-state index contributed by atoms with van der Waals surface area (Å²) in [6.45, 7) is 6.09. The van der Waals surface area contributed by atoms with E-state index in [1.165, 1.54) is 21.8 Å². The molecule has 0 bridgehead atoms. The highest BCUT2D eigenvalue weighted by Crippen LogP contribution is 2.30. The van der Waals surface area contributed by atoms with Crippen molar-refractivity contribution < 1.29 is 17.6 Å². The quantitative estimate of drug-likeness (QED) is 0.623. The number of rotatable bonds is 5. The summed E-state index contributed by atoms with van der Waals surface area (Å²) in [6.07, 6.45) is 2.43. The van der Waals surface area contributed by atoms with E-state index in [0.717, 1.165) is 22.8 Å². The third-order valence-corrected chi connectivity index (χ3v) is 8.09. The molecule has 1 aliphatic rings. The van der Waals surface area contributed by atoms with Crippen molar-refractivity contribution in [2.75, 3.05) is 18.4 Å². The van der Waals surface area contributed by atoms with Gasteiger partial charge in [0.1, 0.15) is 17.3 Å². The first-order valence-electron chi connectivity index (χ1n) is 9.99. The van der Waals surface area contributed by atoms with Gasteiger partial charge in [-0.25, -0.2) is 18.4 Å². The normalized spacial score (nSPS) is 16.0. The first-order chi connectivity index (χ1) is 14.6. The zero-order valence-corrected chi connectivity index (χ0v) is 19.5. The summed E-state index contributed by atoms with van der Waals surface area (Å²) in [5, 5.41) is 5.34. The zero-order chi connectivity index (χ0) is 22.3. The van der Waals surface area contributed by atoms with Crippen molar-refractivity contribution in [3.63, 3.8) is 0 Å². The van der Waals surface area contributed by atoms with Crippen LogP contribution in [0.3, 0.4) is 0 Å². The number of nitrogens with zero attached hydrogens (tertiary/aromatic N) is 4. The van der Waals surface area contributed by atoms with Crippen molar-refractivity contribution in [3.05, 3.63) is 35.0 Å². The van der Waals surface area contributed by atoms with Gasteiger partial charge in [0.05, 0.1) is 5.69 Å². The molecular weight excluding hydrogens is 438 g/mol. The van der Waals surface area contributed by atoms with Gasteiger partial charge in [-0.2, -0.15) is 4.31 Å². The number of aromatic nitrogens is 3. The summed E-state index contributed by atoms with van der Waals surface area (Å²) in [5.41, 5.74) is 1.68. The first kappa shape index (κ1) is 21.7. The van der Waals surface area contributed by atoms with E-state index < -0.39 is 10.0 Å². The average molecular weight is 464 g/mol. The molecular formula is C20H25N5O4S2. The van der Waals surface area contributed by atoms with Crippen molar-refractivity contribution in [2.24, 2.45) is 13.0 Å². The van der Waals surface area contributed by atoms with Crippen LogP contribution in [-0.2, 0) is 21.9 Å². The van der Waals surface area contributed by atoms with E-state index in [4.69, 9.17) is 4.42 Å². The lowest BCUT2D eigenvalue weighted by Crippen LogP contribution is -2.41. The topological polar surface area (TPSA) is 110 Å². The predicted octanol–water partition coefficient (Wildman–Crippen LogP) is 3.10. The molecule has 1 amide bonds. The van der Waals surface area contributed by atoms with Crippen LogP contribution in [0.4, 0.5) is 5.13 Å². The van der Waals surface area contributed by atoms with E-state index in [0.29, 0.717) is 23.8 Å². The fraction of sp³-hybridized carbons (Fsp3) is 0.450. The van der Waals surface area contributed by atoms with Gasteiger partial charge in [-0.05, 0) is 39.7 Å². The molecule has 31 heavy (non-hydrogen) atoms. The number of carbonyl (C=O) groups is 1. The lowest BCUT2D eigenvalue weighted by Gasteiger charge is -2.29. The fourth-order valence-electron chi connectivity index (χ4n) is 3.69. The van der Waals surface area contributed by atoms with E-state index in [1.807, 2.05) is 25.3 Å². The molecule has 3 aromatic heterocycles. The Bertz CT molecular complexity index is 1200. The van der Waals surface area contributed by atoms with Crippen LogP contribution in [0.5, 0.6) is 0 Å². The fourth-order valence-corrected chi connectivity index (χ4v) is 5.90. The van der Waals surface area contributed by atoms with Gasteiger partial charge in [0, 0.05) is 43.2 Å². The third kappa shape index (κ3) is 4.30. The predicted molar refractivity (Wildman–Crippen MR) is 117 cm³/mol. The molecule has 9 nitrogen and oxygen atoms in total. The van der Waals surface area contributed by atoms with Crippen LogP contribution in [0.2, 0.25) is 0 Å². The maximum absolute atomic E-state index is 12.8. The maximum atomic E-state index is 12.8. The molecule has 0 atom stereocenters. The number of furan rings is 1. The lowest BCUT2D eigenvalue weighted by molar-refractivity contribution is -0.120. The van der Waals surface area contributed by atoms with Gasteiger partial charge < -0.3 is 14.3 Å². The minimum Gasteiger partial charge on any atom is -0.466 e. The van der Waals surface area contributed by atoms with Crippen molar-refractivity contribution in [2.45, 2.75) is 38.6 Å². The molecule has 0 saturated carbocycles. The van der Waals surface area contributed by atoms with E-state index in [2.05, 4.69) is 15.3 Å². The highest BCUT2D eigenvalue weighted by atomic mass is 32.2. The Morgan fingerprint density at radius 2 is 1.94 bits per heavy atom. The van der Waals surface area contributed by atoms with Crippen LogP contribution in [0.25, 0.3) is 11.3 Å². The molecule has 1 aliphatic heterocycles. The molecule has 0 radical (unpaired) electrons.